The van der Waals surface area contributed by atoms with E-state index in [9.17, 15) is 27.6 Å². The number of nitrogens with zero attached hydrogens (tertiary/aromatic N) is 3. The quantitative estimate of drug-likeness (QED) is 0.617. The molecule has 2 fully saturated rings. The van der Waals surface area contributed by atoms with Gasteiger partial charge in [0.25, 0.3) is 0 Å². The molecule has 8 nitrogen and oxygen atoms in total. The third-order valence-electron chi connectivity index (χ3n) is 5.79. The van der Waals surface area contributed by atoms with Crippen LogP contribution < -0.4 is 15.5 Å². The van der Waals surface area contributed by atoms with Crippen molar-refractivity contribution in [1.29, 1.82) is 0 Å². The van der Waals surface area contributed by atoms with Crippen molar-refractivity contribution in [2.75, 3.05) is 29.9 Å². The highest BCUT2D eigenvalue weighted by atomic mass is 35.5. The molecule has 4 amide bonds. The van der Waals surface area contributed by atoms with Gasteiger partial charge in [-0.25, -0.2) is 9.78 Å². The van der Waals surface area contributed by atoms with E-state index >= 15 is 0 Å². The zero-order valence-electron chi connectivity index (χ0n) is 17.9. The van der Waals surface area contributed by atoms with Crippen molar-refractivity contribution in [2.24, 2.45) is 5.92 Å². The molecule has 0 atom stereocenters. The molecule has 2 N–H and O–H groups in total. The predicted octanol–water partition coefficient (Wildman–Crippen LogP) is 3.66. The lowest BCUT2D eigenvalue weighted by molar-refractivity contribution is -0.137. The van der Waals surface area contributed by atoms with Crippen LogP contribution in [0.5, 0.6) is 0 Å². The van der Waals surface area contributed by atoms with E-state index in [4.69, 9.17) is 11.6 Å². The summed E-state index contributed by atoms with van der Waals surface area (Å²) in [6.07, 6.45) is -2.81. The molecule has 180 valence electrons. The first-order valence-corrected chi connectivity index (χ1v) is 11.0. The van der Waals surface area contributed by atoms with Crippen LogP contribution >= 0.6 is 11.6 Å². The lowest BCUT2D eigenvalue weighted by Crippen LogP contribution is -2.38. The summed E-state index contributed by atoms with van der Waals surface area (Å²) in [6.45, 7) is 0.916. The van der Waals surface area contributed by atoms with Crippen LogP contribution in [0.15, 0.2) is 36.5 Å². The molecule has 2 aliphatic rings. The van der Waals surface area contributed by atoms with Crippen molar-refractivity contribution in [3.05, 3.63) is 52.7 Å². The summed E-state index contributed by atoms with van der Waals surface area (Å²) in [6, 6.07) is 7.31. The molecule has 0 spiro atoms. The molecule has 0 aliphatic carbocycles. The first-order chi connectivity index (χ1) is 16.1. The minimum atomic E-state index is -4.52. The highest BCUT2D eigenvalue weighted by Crippen LogP contribution is 2.34. The van der Waals surface area contributed by atoms with Crippen LogP contribution in [-0.4, -0.2) is 47.4 Å². The van der Waals surface area contributed by atoms with E-state index in [1.807, 2.05) is 0 Å². The number of hydrogen-bond donors (Lipinski definition) is 2. The molecule has 1 aromatic heterocycles. The molecule has 1 aromatic carbocycles. The number of piperidine rings is 1. The average Bonchev–Trinajstić information content (AvgIpc) is 3.11. The minimum absolute atomic E-state index is 0.0266. The molecule has 12 heteroatoms. The Morgan fingerprint density at radius 1 is 1.21 bits per heavy atom. The maximum absolute atomic E-state index is 12.8. The van der Waals surface area contributed by atoms with Crippen molar-refractivity contribution in [3.8, 4) is 0 Å². The van der Waals surface area contributed by atoms with E-state index in [2.05, 4.69) is 15.6 Å². The Balaban J connectivity index is 1.34. The molecule has 2 aliphatic heterocycles. The number of alkyl halides is 3. The fourth-order valence-electron chi connectivity index (χ4n) is 3.96. The number of nitrogens with one attached hydrogen (secondary N) is 2. The molecule has 0 saturated carbocycles. The van der Waals surface area contributed by atoms with Gasteiger partial charge < -0.3 is 15.5 Å². The Kier molecular flexibility index (Phi) is 6.65. The largest absolute Gasteiger partial charge is 0.417 e. The van der Waals surface area contributed by atoms with Gasteiger partial charge in [-0.1, -0.05) is 23.7 Å². The lowest BCUT2D eigenvalue weighted by atomic mass is 9.95. The smallest absolute Gasteiger partial charge is 0.355 e. The summed E-state index contributed by atoms with van der Waals surface area (Å²) in [5.41, 5.74) is 0.331. The number of amides is 4. The summed E-state index contributed by atoms with van der Waals surface area (Å²) in [5, 5.41) is 5.24. The maximum Gasteiger partial charge on any atom is 0.417 e. The number of rotatable bonds is 5. The van der Waals surface area contributed by atoms with Gasteiger partial charge in [-0.3, -0.25) is 14.5 Å². The second kappa shape index (κ2) is 9.49. The first-order valence-electron chi connectivity index (χ1n) is 10.6. The summed E-state index contributed by atoms with van der Waals surface area (Å²) < 4.78 is 38.5. The summed E-state index contributed by atoms with van der Waals surface area (Å²) in [4.78, 5) is 43.0. The van der Waals surface area contributed by atoms with Gasteiger partial charge in [-0.15, -0.1) is 0 Å². The molecule has 0 radical (unpaired) electrons. The average molecular weight is 496 g/mol. The van der Waals surface area contributed by atoms with Gasteiger partial charge in [0, 0.05) is 30.9 Å². The van der Waals surface area contributed by atoms with Crippen molar-refractivity contribution >= 4 is 41.0 Å². The number of carbonyl (C=O) groups excluding carboxylic acids is 3. The lowest BCUT2D eigenvalue weighted by Gasteiger charge is -2.32. The Hall–Kier alpha value is -3.34. The monoisotopic (exact) mass is 495 g/mol. The third kappa shape index (κ3) is 5.24. The van der Waals surface area contributed by atoms with Gasteiger partial charge in [-0.05, 0) is 36.6 Å². The van der Waals surface area contributed by atoms with Crippen LogP contribution in [0.4, 0.5) is 29.5 Å². The SMILES string of the molecule is O=C(Nc1cccc(CN2C(=O)CNC2=O)c1)C1CCN(c2ncc(C(F)(F)F)cc2Cl)CC1. The van der Waals surface area contributed by atoms with E-state index < -0.39 is 17.8 Å². The number of aromatic nitrogens is 1. The van der Waals surface area contributed by atoms with E-state index in [-0.39, 0.29) is 41.7 Å². The van der Waals surface area contributed by atoms with E-state index in [0.29, 0.717) is 37.2 Å². The Labute approximate surface area is 198 Å². The summed E-state index contributed by atoms with van der Waals surface area (Å²) >= 11 is 6.04. The zero-order chi connectivity index (χ0) is 24.5. The fraction of sp³-hybridized carbons (Fsp3) is 0.364. The van der Waals surface area contributed by atoms with E-state index in [0.717, 1.165) is 17.2 Å². The van der Waals surface area contributed by atoms with Crippen LogP contribution in [0, 0.1) is 5.92 Å². The first kappa shape index (κ1) is 23.8. The molecular weight excluding hydrogens is 475 g/mol. The van der Waals surface area contributed by atoms with Crippen LogP contribution in [0.2, 0.25) is 5.02 Å². The Morgan fingerprint density at radius 2 is 1.94 bits per heavy atom. The predicted molar refractivity (Wildman–Crippen MR) is 118 cm³/mol. The molecule has 2 aromatic rings. The molecule has 0 bridgehead atoms. The van der Waals surface area contributed by atoms with Crippen molar-refractivity contribution in [2.45, 2.75) is 25.6 Å². The number of anilines is 2. The topological polar surface area (TPSA) is 94.6 Å². The zero-order valence-corrected chi connectivity index (χ0v) is 18.6. The summed E-state index contributed by atoms with van der Waals surface area (Å²) in [7, 11) is 0. The van der Waals surface area contributed by atoms with Crippen LogP contribution in [0.25, 0.3) is 0 Å². The van der Waals surface area contributed by atoms with Crippen LogP contribution in [-0.2, 0) is 22.3 Å². The number of carbonyl (C=O) groups is 3. The number of benzene rings is 1. The highest BCUT2D eigenvalue weighted by Gasteiger charge is 2.33. The molecule has 0 unspecified atom stereocenters. The molecule has 3 heterocycles. The van der Waals surface area contributed by atoms with Crippen molar-refractivity contribution in [3.63, 3.8) is 0 Å². The number of pyridine rings is 1. The van der Waals surface area contributed by atoms with Gasteiger partial charge in [-0.2, -0.15) is 13.2 Å². The third-order valence-corrected chi connectivity index (χ3v) is 6.06. The van der Waals surface area contributed by atoms with Crippen molar-refractivity contribution < 1.29 is 27.6 Å². The van der Waals surface area contributed by atoms with Gasteiger partial charge in [0.05, 0.1) is 23.7 Å². The molecule has 34 heavy (non-hydrogen) atoms. The fourth-order valence-corrected chi connectivity index (χ4v) is 4.25. The normalized spacial score (nSPS) is 17.2. The van der Waals surface area contributed by atoms with Gasteiger partial charge >= 0.3 is 12.2 Å². The van der Waals surface area contributed by atoms with Crippen molar-refractivity contribution in [1.82, 2.24) is 15.2 Å². The van der Waals surface area contributed by atoms with Gasteiger partial charge in [0.1, 0.15) is 5.82 Å². The molecular formula is C22H21ClF3N5O3. The molecule has 2 saturated heterocycles. The molecule has 4 rings (SSSR count). The van der Waals surface area contributed by atoms with Crippen LogP contribution in [0.1, 0.15) is 24.0 Å². The number of halogens is 4. The number of urea groups is 1. The highest BCUT2D eigenvalue weighted by molar-refractivity contribution is 6.33. The van der Waals surface area contributed by atoms with E-state index in [1.165, 1.54) is 0 Å². The number of hydrogen-bond acceptors (Lipinski definition) is 5. The minimum Gasteiger partial charge on any atom is -0.355 e. The Morgan fingerprint density at radius 3 is 2.56 bits per heavy atom. The Bertz CT molecular complexity index is 1100. The second-order valence-corrected chi connectivity index (χ2v) is 8.52. The van der Waals surface area contributed by atoms with Gasteiger partial charge in [0.2, 0.25) is 11.8 Å². The standard InChI is InChI=1S/C22H21ClF3N5O3/c23-17-9-15(22(24,25)26)10-27-19(17)30-6-4-14(5-7-30)20(33)29-16-3-1-2-13(8-16)12-31-18(32)11-28-21(31)34/h1-3,8-10,14H,4-7,11-12H2,(H,28,34)(H,29,33). The van der Waals surface area contributed by atoms with Crippen LogP contribution in [0.3, 0.4) is 0 Å². The number of imide groups is 1. The second-order valence-electron chi connectivity index (χ2n) is 8.12. The van der Waals surface area contributed by atoms with Gasteiger partial charge in [0.15, 0.2) is 0 Å². The summed E-state index contributed by atoms with van der Waals surface area (Å²) in [5.74, 6) is -0.520. The van der Waals surface area contributed by atoms with E-state index in [1.54, 1.807) is 29.2 Å². The maximum atomic E-state index is 12.8.